The van der Waals surface area contributed by atoms with Crippen molar-refractivity contribution in [3.05, 3.63) is 94.0 Å². The summed E-state index contributed by atoms with van der Waals surface area (Å²) in [6.45, 7) is 4.50. The molecule has 0 bridgehead atoms. The number of aromatic nitrogens is 3. The normalized spacial score (nSPS) is 16.1. The van der Waals surface area contributed by atoms with Crippen molar-refractivity contribution in [1.29, 1.82) is 0 Å². The Bertz CT molecular complexity index is 1430. The van der Waals surface area contributed by atoms with Crippen LogP contribution in [0.15, 0.2) is 77.4 Å². The number of benzene rings is 2. The van der Waals surface area contributed by atoms with Crippen LogP contribution in [-0.2, 0) is 6.54 Å². The zero-order chi connectivity index (χ0) is 23.8. The third-order valence-corrected chi connectivity index (χ3v) is 7.83. The Hall–Kier alpha value is -3.17. The molecule has 9 heteroatoms. The van der Waals surface area contributed by atoms with Gasteiger partial charge in [0.15, 0.2) is 5.76 Å². The molecule has 0 aliphatic carbocycles. The van der Waals surface area contributed by atoms with Gasteiger partial charge in [0.05, 0.1) is 17.2 Å². The lowest BCUT2D eigenvalue weighted by Gasteiger charge is -2.39. The molecule has 7 nitrogen and oxygen atoms in total. The fraction of sp³-hybridized carbons (Fsp3) is 0.231. The van der Waals surface area contributed by atoms with E-state index in [0.29, 0.717) is 21.6 Å². The van der Waals surface area contributed by atoms with E-state index in [1.54, 1.807) is 18.4 Å². The van der Waals surface area contributed by atoms with Gasteiger partial charge in [0.25, 0.3) is 0 Å². The molecule has 0 amide bonds. The highest BCUT2D eigenvalue weighted by atomic mass is 35.5. The number of piperazine rings is 1. The molecular weight excluding hydrogens is 482 g/mol. The Morgan fingerprint density at radius 1 is 0.971 bits per heavy atom. The van der Waals surface area contributed by atoms with Crippen LogP contribution in [0.2, 0.25) is 5.02 Å². The molecule has 4 heterocycles. The number of nitrogens with zero attached hydrogens (tertiary/aromatic N) is 5. The van der Waals surface area contributed by atoms with Crippen molar-refractivity contribution in [3.63, 3.8) is 0 Å². The van der Waals surface area contributed by atoms with Crippen LogP contribution in [0.5, 0.6) is 5.88 Å². The van der Waals surface area contributed by atoms with Crippen molar-refractivity contribution in [2.24, 2.45) is 0 Å². The van der Waals surface area contributed by atoms with Crippen molar-refractivity contribution in [1.82, 2.24) is 24.4 Å². The van der Waals surface area contributed by atoms with Gasteiger partial charge in [-0.3, -0.25) is 9.80 Å². The first-order valence-electron chi connectivity index (χ1n) is 11.5. The van der Waals surface area contributed by atoms with E-state index in [-0.39, 0.29) is 11.9 Å². The Morgan fingerprint density at radius 3 is 2.46 bits per heavy atom. The fourth-order valence-corrected chi connectivity index (χ4v) is 6.01. The molecule has 1 saturated heterocycles. The van der Waals surface area contributed by atoms with Gasteiger partial charge < -0.3 is 9.52 Å². The van der Waals surface area contributed by atoms with E-state index < -0.39 is 0 Å². The monoisotopic (exact) mass is 505 g/mol. The maximum Gasteiger partial charge on any atom is 0.230 e. The SMILES string of the molecule is Oc1c(C(c2ccccc2Cl)N2CCN(Cc3ccccc3)CC2)sc2nc(-c3ccco3)nn12. The zero-order valence-corrected chi connectivity index (χ0v) is 20.5. The fourth-order valence-electron chi connectivity index (χ4n) is 4.66. The van der Waals surface area contributed by atoms with Crippen LogP contribution in [0.25, 0.3) is 16.5 Å². The molecule has 1 N–H and O–H groups in total. The number of hydrogen-bond donors (Lipinski definition) is 1. The van der Waals surface area contributed by atoms with Gasteiger partial charge in [0.2, 0.25) is 16.7 Å². The summed E-state index contributed by atoms with van der Waals surface area (Å²) in [7, 11) is 0. The number of aromatic hydroxyl groups is 1. The number of thiazole rings is 1. The third kappa shape index (κ3) is 4.34. The Morgan fingerprint density at radius 2 is 1.74 bits per heavy atom. The van der Waals surface area contributed by atoms with E-state index >= 15 is 0 Å². The summed E-state index contributed by atoms with van der Waals surface area (Å²) in [6, 6.07) is 21.8. The average molecular weight is 506 g/mol. The molecule has 5 aromatic rings. The van der Waals surface area contributed by atoms with Gasteiger partial charge in [0, 0.05) is 37.7 Å². The van der Waals surface area contributed by atoms with Gasteiger partial charge in [-0.1, -0.05) is 71.5 Å². The number of rotatable bonds is 6. The highest BCUT2D eigenvalue weighted by molar-refractivity contribution is 7.17. The molecule has 1 atom stereocenters. The van der Waals surface area contributed by atoms with Crippen LogP contribution in [-0.4, -0.2) is 55.7 Å². The topological polar surface area (TPSA) is 70.0 Å². The summed E-state index contributed by atoms with van der Waals surface area (Å²) in [5, 5.41) is 16.4. The molecule has 1 unspecified atom stereocenters. The summed E-state index contributed by atoms with van der Waals surface area (Å²) < 4.78 is 6.92. The van der Waals surface area contributed by atoms with Crippen LogP contribution < -0.4 is 0 Å². The van der Waals surface area contributed by atoms with Crippen molar-refractivity contribution in [2.45, 2.75) is 12.6 Å². The molecule has 1 fully saturated rings. The Labute approximate surface area is 211 Å². The molecule has 3 aromatic heterocycles. The minimum absolute atomic E-state index is 0.0898. The third-order valence-electron chi connectivity index (χ3n) is 6.41. The highest BCUT2D eigenvalue weighted by Crippen LogP contribution is 2.42. The smallest absolute Gasteiger partial charge is 0.230 e. The van der Waals surface area contributed by atoms with Gasteiger partial charge in [0.1, 0.15) is 0 Å². The molecule has 0 spiro atoms. The zero-order valence-electron chi connectivity index (χ0n) is 18.9. The largest absolute Gasteiger partial charge is 0.492 e. The highest BCUT2D eigenvalue weighted by Gasteiger charge is 2.33. The van der Waals surface area contributed by atoms with E-state index in [1.165, 1.54) is 21.4 Å². The maximum absolute atomic E-state index is 11.3. The predicted octanol–water partition coefficient (Wildman–Crippen LogP) is 5.32. The van der Waals surface area contributed by atoms with Gasteiger partial charge >= 0.3 is 0 Å². The summed E-state index contributed by atoms with van der Waals surface area (Å²) >= 11 is 8.11. The standard InChI is InChI=1S/C26H24ClN5O2S/c27-20-10-5-4-9-19(20)22(31-14-12-30(13-15-31)17-18-7-2-1-3-8-18)23-25(33)32-26(35-23)28-24(29-32)21-11-6-16-34-21/h1-11,16,22,33H,12-15,17H2. The van der Waals surface area contributed by atoms with E-state index in [1.807, 2.05) is 30.3 Å². The van der Waals surface area contributed by atoms with Crippen LogP contribution in [0.4, 0.5) is 0 Å². The molecule has 35 heavy (non-hydrogen) atoms. The lowest BCUT2D eigenvalue weighted by atomic mass is 10.0. The van der Waals surface area contributed by atoms with Crippen molar-refractivity contribution < 1.29 is 9.52 Å². The molecule has 1 aliphatic heterocycles. The van der Waals surface area contributed by atoms with Crippen LogP contribution in [0.3, 0.4) is 0 Å². The molecule has 1 aliphatic rings. The van der Waals surface area contributed by atoms with Gasteiger partial charge in [-0.25, -0.2) is 0 Å². The quantitative estimate of drug-likeness (QED) is 0.337. The lowest BCUT2D eigenvalue weighted by molar-refractivity contribution is 0.105. The van der Waals surface area contributed by atoms with Gasteiger partial charge in [-0.2, -0.15) is 9.50 Å². The van der Waals surface area contributed by atoms with E-state index in [4.69, 9.17) is 16.0 Å². The van der Waals surface area contributed by atoms with Crippen LogP contribution >= 0.6 is 22.9 Å². The first kappa shape index (κ1) is 22.3. The number of furan rings is 1. The second-order valence-corrected chi connectivity index (χ2v) is 10.0. The van der Waals surface area contributed by atoms with Gasteiger partial charge in [-0.15, -0.1) is 5.10 Å². The molecular formula is C26H24ClN5O2S. The van der Waals surface area contributed by atoms with E-state index in [9.17, 15) is 5.11 Å². The first-order valence-corrected chi connectivity index (χ1v) is 12.7. The Balaban J connectivity index is 1.31. The molecule has 6 rings (SSSR count). The van der Waals surface area contributed by atoms with Crippen LogP contribution in [0.1, 0.15) is 22.0 Å². The summed E-state index contributed by atoms with van der Waals surface area (Å²) in [5.74, 6) is 1.11. The summed E-state index contributed by atoms with van der Waals surface area (Å²) in [4.78, 5) is 10.9. The van der Waals surface area contributed by atoms with Gasteiger partial charge in [-0.05, 0) is 29.3 Å². The van der Waals surface area contributed by atoms with E-state index in [2.05, 4.69) is 44.1 Å². The second kappa shape index (κ2) is 9.47. The first-order chi connectivity index (χ1) is 17.2. The number of halogens is 1. The molecule has 2 aromatic carbocycles. The van der Waals surface area contributed by atoms with Crippen LogP contribution in [0, 0.1) is 0 Å². The molecule has 178 valence electrons. The average Bonchev–Trinajstić information content (AvgIpc) is 3.61. The van der Waals surface area contributed by atoms with Crippen molar-refractivity contribution in [2.75, 3.05) is 26.2 Å². The molecule has 0 radical (unpaired) electrons. The minimum atomic E-state index is -0.192. The lowest BCUT2D eigenvalue weighted by Crippen LogP contribution is -2.47. The molecule has 0 saturated carbocycles. The second-order valence-electron chi connectivity index (χ2n) is 8.62. The summed E-state index contributed by atoms with van der Waals surface area (Å²) in [5.41, 5.74) is 2.29. The van der Waals surface area contributed by atoms with Crippen molar-refractivity contribution >= 4 is 27.9 Å². The number of fused-ring (bicyclic) bond motifs is 1. The predicted molar refractivity (Wildman–Crippen MR) is 137 cm³/mol. The minimum Gasteiger partial charge on any atom is -0.492 e. The van der Waals surface area contributed by atoms with Crippen molar-refractivity contribution in [3.8, 4) is 17.5 Å². The Kier molecular flexibility index (Phi) is 6.03. The maximum atomic E-state index is 11.3. The summed E-state index contributed by atoms with van der Waals surface area (Å²) in [6.07, 6.45) is 1.58. The van der Waals surface area contributed by atoms with E-state index in [0.717, 1.165) is 43.2 Å². The number of hydrogen-bond acceptors (Lipinski definition) is 7.